The summed E-state index contributed by atoms with van der Waals surface area (Å²) in [5, 5.41) is 13.8. The highest BCUT2D eigenvalue weighted by atomic mass is 19.1. The molecular formula is C19H21F2NO2. The molecule has 2 N–H and O–H groups in total. The summed E-state index contributed by atoms with van der Waals surface area (Å²) in [6.07, 6.45) is 1.49. The zero-order valence-corrected chi connectivity index (χ0v) is 13.3. The lowest BCUT2D eigenvalue weighted by Crippen LogP contribution is -2.50. The van der Waals surface area contributed by atoms with Crippen LogP contribution < -0.4 is 10.1 Å². The second-order valence-corrected chi connectivity index (χ2v) is 6.15. The Morgan fingerprint density at radius 2 is 1.83 bits per heavy atom. The molecule has 1 aliphatic carbocycles. The zero-order chi connectivity index (χ0) is 16.9. The van der Waals surface area contributed by atoms with Gasteiger partial charge in [0.1, 0.15) is 29.6 Å². The minimum atomic E-state index is -0.669. The first-order valence-electron chi connectivity index (χ1n) is 8.20. The summed E-state index contributed by atoms with van der Waals surface area (Å²) in [6, 6.07) is 12.1. The molecule has 0 spiro atoms. The molecule has 0 radical (unpaired) electrons. The number of benzene rings is 2. The van der Waals surface area contributed by atoms with Crippen molar-refractivity contribution in [2.75, 3.05) is 0 Å². The van der Waals surface area contributed by atoms with Crippen LogP contribution >= 0.6 is 0 Å². The Kier molecular flexibility index (Phi) is 5.43. The van der Waals surface area contributed by atoms with E-state index >= 15 is 0 Å². The molecule has 24 heavy (non-hydrogen) atoms. The zero-order valence-electron chi connectivity index (χ0n) is 13.3. The van der Waals surface area contributed by atoms with Crippen LogP contribution in [0.5, 0.6) is 5.75 Å². The van der Waals surface area contributed by atoms with Crippen LogP contribution in [0.4, 0.5) is 8.78 Å². The summed E-state index contributed by atoms with van der Waals surface area (Å²) >= 11 is 0. The van der Waals surface area contributed by atoms with Crippen LogP contribution in [0.25, 0.3) is 0 Å². The number of nitrogens with one attached hydrogen (secondary N) is 1. The quantitative estimate of drug-likeness (QED) is 0.881. The molecule has 0 unspecified atom stereocenters. The Balaban J connectivity index is 1.58. The van der Waals surface area contributed by atoms with E-state index in [1.807, 2.05) is 6.07 Å². The topological polar surface area (TPSA) is 41.5 Å². The molecule has 1 aliphatic rings. The van der Waals surface area contributed by atoms with Gasteiger partial charge in [-0.05, 0) is 61.2 Å². The molecule has 0 heterocycles. The van der Waals surface area contributed by atoms with Gasteiger partial charge in [0.15, 0.2) is 0 Å². The molecule has 3 atom stereocenters. The Morgan fingerprint density at radius 3 is 2.58 bits per heavy atom. The molecule has 5 heteroatoms. The standard InChI is InChI=1S/C19H21F2NO2/c20-14-7-9-16(10-8-14)24-18-6-2-5-17(19(18)23)22-12-13-3-1-4-15(21)11-13/h1,3-4,7-11,17-19,22-23H,2,5-6,12H2/t17-,18+,19+/m0/s1. The average molecular weight is 333 g/mol. The number of hydrogen-bond donors (Lipinski definition) is 2. The van der Waals surface area contributed by atoms with Gasteiger partial charge in [-0.15, -0.1) is 0 Å². The van der Waals surface area contributed by atoms with Gasteiger partial charge < -0.3 is 15.2 Å². The van der Waals surface area contributed by atoms with E-state index in [-0.39, 0.29) is 23.8 Å². The third-order valence-electron chi connectivity index (χ3n) is 4.36. The summed E-state index contributed by atoms with van der Waals surface area (Å²) < 4.78 is 32.0. The first-order chi connectivity index (χ1) is 11.6. The van der Waals surface area contributed by atoms with Crippen LogP contribution in [0.3, 0.4) is 0 Å². The van der Waals surface area contributed by atoms with E-state index in [1.165, 1.54) is 24.3 Å². The number of rotatable bonds is 5. The summed E-state index contributed by atoms with van der Waals surface area (Å²) in [7, 11) is 0. The molecule has 3 rings (SSSR count). The van der Waals surface area contributed by atoms with Crippen molar-refractivity contribution in [3.05, 3.63) is 65.7 Å². The summed E-state index contributed by atoms with van der Waals surface area (Å²) in [4.78, 5) is 0. The van der Waals surface area contributed by atoms with Crippen LogP contribution in [-0.4, -0.2) is 23.4 Å². The first-order valence-corrected chi connectivity index (χ1v) is 8.20. The van der Waals surface area contributed by atoms with Crippen molar-refractivity contribution in [3.8, 4) is 5.75 Å². The minimum absolute atomic E-state index is 0.118. The third-order valence-corrected chi connectivity index (χ3v) is 4.36. The molecule has 2 aromatic rings. The first kappa shape index (κ1) is 16.9. The fourth-order valence-corrected chi connectivity index (χ4v) is 3.07. The van der Waals surface area contributed by atoms with Crippen molar-refractivity contribution in [1.82, 2.24) is 5.32 Å². The van der Waals surface area contributed by atoms with Gasteiger partial charge in [-0.2, -0.15) is 0 Å². The van der Waals surface area contributed by atoms with Crippen molar-refractivity contribution in [1.29, 1.82) is 0 Å². The fraction of sp³-hybridized carbons (Fsp3) is 0.368. The van der Waals surface area contributed by atoms with E-state index in [1.54, 1.807) is 18.2 Å². The van der Waals surface area contributed by atoms with Gasteiger partial charge in [0.25, 0.3) is 0 Å². The van der Waals surface area contributed by atoms with Gasteiger partial charge in [0.05, 0.1) is 0 Å². The average Bonchev–Trinajstić information content (AvgIpc) is 2.58. The summed E-state index contributed by atoms with van der Waals surface area (Å²) in [6.45, 7) is 0.489. The maximum absolute atomic E-state index is 13.2. The van der Waals surface area contributed by atoms with Crippen LogP contribution in [-0.2, 0) is 6.54 Å². The minimum Gasteiger partial charge on any atom is -0.488 e. The summed E-state index contributed by atoms with van der Waals surface area (Å²) in [5.74, 6) is -0.0385. The highest BCUT2D eigenvalue weighted by molar-refractivity contribution is 5.22. The predicted octanol–water partition coefficient (Wildman–Crippen LogP) is 3.42. The van der Waals surface area contributed by atoms with E-state index in [0.29, 0.717) is 12.3 Å². The lowest BCUT2D eigenvalue weighted by atomic mass is 9.89. The lowest BCUT2D eigenvalue weighted by molar-refractivity contribution is -0.0157. The number of aliphatic hydroxyl groups excluding tert-OH is 1. The normalized spacial score (nSPS) is 23.9. The van der Waals surface area contributed by atoms with Crippen LogP contribution in [0.2, 0.25) is 0 Å². The SMILES string of the molecule is O[C@@H]1[C@@H](NCc2cccc(F)c2)CCC[C@H]1Oc1ccc(F)cc1. The second-order valence-electron chi connectivity index (χ2n) is 6.15. The molecular weight excluding hydrogens is 312 g/mol. The Labute approximate surface area is 140 Å². The number of ether oxygens (including phenoxy) is 1. The van der Waals surface area contributed by atoms with Crippen LogP contribution in [0, 0.1) is 11.6 Å². The Morgan fingerprint density at radius 1 is 1.04 bits per heavy atom. The van der Waals surface area contributed by atoms with E-state index in [4.69, 9.17) is 4.74 Å². The molecule has 0 saturated heterocycles. The van der Waals surface area contributed by atoms with E-state index in [9.17, 15) is 13.9 Å². The molecule has 0 aromatic heterocycles. The summed E-state index contributed by atoms with van der Waals surface area (Å²) in [5.41, 5.74) is 0.837. The van der Waals surface area contributed by atoms with Gasteiger partial charge in [-0.3, -0.25) is 0 Å². The van der Waals surface area contributed by atoms with Crippen molar-refractivity contribution < 1.29 is 18.6 Å². The van der Waals surface area contributed by atoms with Gasteiger partial charge in [0, 0.05) is 12.6 Å². The fourth-order valence-electron chi connectivity index (χ4n) is 3.07. The molecule has 0 amide bonds. The number of halogens is 2. The lowest BCUT2D eigenvalue weighted by Gasteiger charge is -2.35. The third kappa shape index (κ3) is 4.30. The van der Waals surface area contributed by atoms with Gasteiger partial charge in [-0.1, -0.05) is 12.1 Å². The van der Waals surface area contributed by atoms with Crippen LogP contribution in [0.1, 0.15) is 24.8 Å². The van der Waals surface area contributed by atoms with E-state index < -0.39 is 6.10 Å². The number of hydrogen-bond acceptors (Lipinski definition) is 3. The van der Waals surface area contributed by atoms with Crippen molar-refractivity contribution >= 4 is 0 Å². The monoisotopic (exact) mass is 333 g/mol. The van der Waals surface area contributed by atoms with Gasteiger partial charge in [0.2, 0.25) is 0 Å². The Hall–Kier alpha value is -1.98. The van der Waals surface area contributed by atoms with Crippen LogP contribution in [0.15, 0.2) is 48.5 Å². The van der Waals surface area contributed by atoms with Gasteiger partial charge >= 0.3 is 0 Å². The smallest absolute Gasteiger partial charge is 0.126 e. The van der Waals surface area contributed by atoms with Crippen molar-refractivity contribution in [2.45, 2.75) is 44.1 Å². The van der Waals surface area contributed by atoms with E-state index in [2.05, 4.69) is 5.32 Å². The largest absolute Gasteiger partial charge is 0.488 e. The number of aliphatic hydroxyl groups is 1. The Bertz CT molecular complexity index is 663. The van der Waals surface area contributed by atoms with Gasteiger partial charge in [-0.25, -0.2) is 8.78 Å². The molecule has 1 saturated carbocycles. The maximum atomic E-state index is 13.2. The second kappa shape index (κ2) is 7.73. The predicted molar refractivity (Wildman–Crippen MR) is 87.7 cm³/mol. The molecule has 1 fully saturated rings. The maximum Gasteiger partial charge on any atom is 0.126 e. The van der Waals surface area contributed by atoms with E-state index in [0.717, 1.165) is 24.8 Å². The highest BCUT2D eigenvalue weighted by Gasteiger charge is 2.33. The molecule has 2 aromatic carbocycles. The van der Waals surface area contributed by atoms with Crippen molar-refractivity contribution in [3.63, 3.8) is 0 Å². The van der Waals surface area contributed by atoms with Crippen molar-refractivity contribution in [2.24, 2.45) is 0 Å². The molecule has 128 valence electrons. The highest BCUT2D eigenvalue weighted by Crippen LogP contribution is 2.25. The molecule has 0 bridgehead atoms. The molecule has 3 nitrogen and oxygen atoms in total. The molecule has 0 aliphatic heterocycles.